The molecule has 1 N–H and O–H groups in total. The first-order valence-electron chi connectivity index (χ1n) is 3.99. The summed E-state index contributed by atoms with van der Waals surface area (Å²) in [6, 6.07) is -1.33. The number of thiol groups is 1. The van der Waals surface area contributed by atoms with E-state index in [1.54, 1.807) is 0 Å². The number of hydrogen-bond donors (Lipinski definition) is 2. The second-order valence-corrected chi connectivity index (χ2v) is 5.41. The lowest BCUT2D eigenvalue weighted by atomic mass is 10.3. The number of rotatable bonds is 5. The summed E-state index contributed by atoms with van der Waals surface area (Å²) in [4.78, 5) is 32.2. The first kappa shape index (κ1) is 14.8. The first-order chi connectivity index (χ1) is 7.20. The number of sulfonamides is 1. The molecule has 8 nitrogen and oxygen atoms in total. The van der Waals surface area contributed by atoms with Gasteiger partial charge in [-0.1, -0.05) is 5.18 Å². The van der Waals surface area contributed by atoms with E-state index in [-0.39, 0.29) is 3.71 Å². The van der Waals surface area contributed by atoms with Crippen molar-refractivity contribution in [2.75, 3.05) is 12.8 Å². The Bertz CT molecular complexity index is 393. The highest BCUT2D eigenvalue weighted by atomic mass is 32.3. The van der Waals surface area contributed by atoms with Gasteiger partial charge in [0.2, 0.25) is 15.9 Å². The number of hydrogen-bond acceptors (Lipinski definition) is 7. The molecule has 0 aliphatic heterocycles. The lowest BCUT2D eigenvalue weighted by Gasteiger charge is -2.19. The Morgan fingerprint density at radius 1 is 1.50 bits per heavy atom. The van der Waals surface area contributed by atoms with Crippen LogP contribution in [-0.2, 0) is 19.6 Å². The maximum absolute atomic E-state index is 11.5. The highest BCUT2D eigenvalue weighted by Gasteiger charge is 2.29. The van der Waals surface area contributed by atoms with E-state index in [0.717, 1.165) is 13.2 Å². The third-order valence-electron chi connectivity index (χ3n) is 1.44. The Kier molecular flexibility index (Phi) is 5.38. The van der Waals surface area contributed by atoms with E-state index in [1.165, 1.54) is 0 Å². The number of carbonyl (C=O) groups is 2. The molecule has 0 spiro atoms. The smallest absolute Gasteiger partial charge is 0.270 e. The minimum absolute atomic E-state index is 0.152. The number of nitrogens with one attached hydrogen (secondary N) is 1. The Hall–Kier alpha value is -1.16. The van der Waals surface area contributed by atoms with Crippen LogP contribution in [0.3, 0.4) is 0 Å². The summed E-state index contributed by atoms with van der Waals surface area (Å²) in [7, 11) is -3.85. The molecule has 0 fully saturated rings. The van der Waals surface area contributed by atoms with Crippen LogP contribution in [0, 0.1) is 4.91 Å². The standard InChI is InChI=1S/C6H11N3O5S2/c1-4(10)8-5(3-7-12)6(11)9(15)16(2,13)14/h5,15H,3H2,1-2H3,(H,8,10). The first-order valence-corrected chi connectivity index (χ1v) is 6.24. The molecule has 0 saturated heterocycles. The summed E-state index contributed by atoms with van der Waals surface area (Å²) in [6.07, 6.45) is 0.761. The number of carbonyl (C=O) groups excluding carboxylic acids is 2. The predicted octanol–water partition coefficient (Wildman–Crippen LogP) is -1.11. The SMILES string of the molecule is CC(=O)NC(CN=O)C(=O)N(S)S(C)(=O)=O. The van der Waals surface area contributed by atoms with Crippen LogP contribution in [0.25, 0.3) is 0 Å². The molecule has 0 aromatic rings. The largest absolute Gasteiger partial charge is 0.343 e. The summed E-state index contributed by atoms with van der Waals surface area (Å²) in [5, 5.41) is 4.53. The van der Waals surface area contributed by atoms with Crippen LogP contribution in [-0.4, -0.2) is 42.8 Å². The summed E-state index contributed by atoms with van der Waals surface area (Å²) < 4.78 is 22.1. The van der Waals surface area contributed by atoms with Gasteiger partial charge in [-0.2, -0.15) is 8.62 Å². The fraction of sp³-hybridized carbons (Fsp3) is 0.667. The van der Waals surface area contributed by atoms with Crippen LogP contribution in [0.1, 0.15) is 6.92 Å². The van der Waals surface area contributed by atoms with Crippen molar-refractivity contribution < 1.29 is 18.0 Å². The van der Waals surface area contributed by atoms with Gasteiger partial charge in [0.05, 0.1) is 6.26 Å². The lowest BCUT2D eigenvalue weighted by molar-refractivity contribution is -0.129. The fourth-order valence-electron chi connectivity index (χ4n) is 0.802. The van der Waals surface area contributed by atoms with Crippen molar-refractivity contribution in [2.45, 2.75) is 13.0 Å². The summed E-state index contributed by atoms with van der Waals surface area (Å²) in [5.74, 6) is -1.63. The molecule has 0 aliphatic carbocycles. The van der Waals surface area contributed by atoms with Crippen molar-refractivity contribution in [1.29, 1.82) is 0 Å². The average molecular weight is 269 g/mol. The van der Waals surface area contributed by atoms with Gasteiger partial charge in [0.1, 0.15) is 12.6 Å². The van der Waals surface area contributed by atoms with Gasteiger partial charge in [0.25, 0.3) is 5.91 Å². The van der Waals surface area contributed by atoms with Crippen LogP contribution in [0.4, 0.5) is 0 Å². The minimum Gasteiger partial charge on any atom is -0.343 e. The molecule has 0 aromatic heterocycles. The molecule has 0 aromatic carbocycles. The Labute approximate surface area is 97.9 Å². The third kappa shape index (κ3) is 4.57. The van der Waals surface area contributed by atoms with E-state index in [1.807, 2.05) is 0 Å². The van der Waals surface area contributed by atoms with Crippen molar-refractivity contribution in [2.24, 2.45) is 5.18 Å². The van der Waals surface area contributed by atoms with Crippen molar-refractivity contribution in [3.63, 3.8) is 0 Å². The molecule has 0 saturated carbocycles. The van der Waals surface area contributed by atoms with Crippen LogP contribution < -0.4 is 5.32 Å². The second kappa shape index (κ2) is 5.80. The lowest BCUT2D eigenvalue weighted by Crippen LogP contribution is -2.48. The van der Waals surface area contributed by atoms with Gasteiger partial charge in [0, 0.05) is 6.92 Å². The quantitative estimate of drug-likeness (QED) is 0.485. The van der Waals surface area contributed by atoms with Crippen molar-refractivity contribution in [1.82, 2.24) is 9.03 Å². The zero-order chi connectivity index (χ0) is 12.9. The van der Waals surface area contributed by atoms with Crippen LogP contribution >= 0.6 is 12.8 Å². The van der Waals surface area contributed by atoms with Gasteiger partial charge >= 0.3 is 0 Å². The van der Waals surface area contributed by atoms with Gasteiger partial charge in [0.15, 0.2) is 0 Å². The maximum atomic E-state index is 11.5. The van der Waals surface area contributed by atoms with Crippen LogP contribution in [0.2, 0.25) is 0 Å². The minimum atomic E-state index is -3.85. The monoisotopic (exact) mass is 269 g/mol. The highest BCUT2D eigenvalue weighted by Crippen LogP contribution is 2.05. The second-order valence-electron chi connectivity index (χ2n) is 2.91. The van der Waals surface area contributed by atoms with Crippen LogP contribution in [0.15, 0.2) is 5.18 Å². The molecule has 92 valence electrons. The molecule has 1 unspecified atom stereocenters. The van der Waals surface area contributed by atoms with Gasteiger partial charge < -0.3 is 5.32 Å². The molecule has 0 aliphatic rings. The van der Waals surface area contributed by atoms with E-state index in [2.05, 4.69) is 23.3 Å². The normalized spacial score (nSPS) is 12.7. The predicted molar refractivity (Wildman–Crippen MR) is 58.9 cm³/mol. The number of nitroso groups, excluding NO2 is 1. The number of nitrogens with zero attached hydrogens (tertiary/aromatic N) is 2. The van der Waals surface area contributed by atoms with E-state index in [0.29, 0.717) is 0 Å². The Balaban J connectivity index is 4.87. The van der Waals surface area contributed by atoms with Crippen LogP contribution in [0.5, 0.6) is 0 Å². The van der Waals surface area contributed by atoms with Crippen molar-refractivity contribution >= 4 is 34.7 Å². The molecule has 0 rings (SSSR count). The molecule has 1 atom stereocenters. The molecular weight excluding hydrogens is 258 g/mol. The Morgan fingerprint density at radius 3 is 2.31 bits per heavy atom. The molecule has 0 heterocycles. The zero-order valence-electron chi connectivity index (χ0n) is 8.58. The van der Waals surface area contributed by atoms with E-state index in [9.17, 15) is 22.9 Å². The summed E-state index contributed by atoms with van der Waals surface area (Å²) in [5.41, 5.74) is 0. The molecule has 16 heavy (non-hydrogen) atoms. The summed E-state index contributed by atoms with van der Waals surface area (Å²) >= 11 is 3.46. The van der Waals surface area contributed by atoms with Gasteiger partial charge in [-0.15, -0.1) is 0 Å². The van der Waals surface area contributed by atoms with Crippen molar-refractivity contribution in [3.8, 4) is 0 Å². The molecule has 0 bridgehead atoms. The summed E-state index contributed by atoms with van der Waals surface area (Å²) in [6.45, 7) is 0.555. The maximum Gasteiger partial charge on any atom is 0.270 e. The molecular formula is C6H11N3O5S2. The Morgan fingerprint density at radius 2 is 2.00 bits per heavy atom. The molecule has 10 heteroatoms. The highest BCUT2D eigenvalue weighted by molar-refractivity contribution is 8.00. The molecule has 2 amide bonds. The van der Waals surface area contributed by atoms with Gasteiger partial charge in [-0.05, 0) is 12.8 Å². The van der Waals surface area contributed by atoms with Crippen molar-refractivity contribution in [3.05, 3.63) is 4.91 Å². The molecule has 0 radical (unpaired) electrons. The van der Waals surface area contributed by atoms with E-state index >= 15 is 0 Å². The average Bonchev–Trinajstić information content (AvgIpc) is 2.12. The topological polar surface area (TPSA) is 113 Å². The van der Waals surface area contributed by atoms with Gasteiger partial charge in [-0.25, -0.2) is 8.42 Å². The van der Waals surface area contributed by atoms with E-state index in [4.69, 9.17) is 0 Å². The van der Waals surface area contributed by atoms with Gasteiger partial charge in [-0.3, -0.25) is 9.59 Å². The van der Waals surface area contributed by atoms with E-state index < -0.39 is 34.4 Å². The zero-order valence-corrected chi connectivity index (χ0v) is 10.3. The third-order valence-corrected chi connectivity index (χ3v) is 3.33. The number of amides is 2. The fourth-order valence-corrected chi connectivity index (χ4v) is 1.40.